The molecule has 0 saturated heterocycles. The molecule has 0 atom stereocenters. The number of primary amides is 8. The van der Waals surface area contributed by atoms with Gasteiger partial charge in [0.15, 0.2) is 0 Å². The van der Waals surface area contributed by atoms with Crippen LogP contribution in [0.2, 0.25) is 0 Å². The first-order chi connectivity index (χ1) is 6.93. The van der Waals surface area contributed by atoms with E-state index >= 15 is 0 Å². The van der Waals surface area contributed by atoms with Crippen molar-refractivity contribution >= 4 is 24.1 Å². The van der Waals surface area contributed by atoms with E-state index in [0.717, 1.165) is 0 Å². The normalized spacial score (nSPS) is 5.33. The molecule has 0 aliphatic rings. The zero-order valence-electron chi connectivity index (χ0n) is 12.3. The predicted molar refractivity (Wildman–Crippen MR) is 57.3 cm³/mol. The van der Waals surface area contributed by atoms with Crippen molar-refractivity contribution in [3.63, 3.8) is 0 Å². The van der Waals surface area contributed by atoms with Crippen molar-refractivity contribution < 1.29 is 59.8 Å². The Bertz CT molecular complexity index is 183. The first-order valence-electron chi connectivity index (χ1n) is 3.13. The minimum Gasteiger partial charge on any atom is -1.00 e. The zero-order chi connectivity index (χ0) is 14.3. The molecule has 12 nitrogen and oxygen atoms in total. The van der Waals surface area contributed by atoms with Crippen molar-refractivity contribution in [2.24, 2.45) is 45.9 Å². The molecule has 0 aromatic carbocycles. The van der Waals surface area contributed by atoms with Crippen LogP contribution >= 0.6 is 0 Å². The quantitative estimate of drug-likeness (QED) is 0.196. The maximum atomic E-state index is 9.00. The van der Waals surface area contributed by atoms with Crippen molar-refractivity contribution in [2.75, 3.05) is 0 Å². The first-order valence-corrected chi connectivity index (χ1v) is 3.13. The summed E-state index contributed by atoms with van der Waals surface area (Å²) in [5.41, 5.74) is 34.0. The number of hydrogen-bond donors (Lipinski definition) is 8. The summed E-state index contributed by atoms with van der Waals surface area (Å²) in [5, 5.41) is 0. The van der Waals surface area contributed by atoms with Gasteiger partial charge in [-0.15, -0.1) is 0 Å². The Morgan fingerprint density at radius 2 is 0.444 bits per heavy atom. The van der Waals surface area contributed by atoms with Crippen LogP contribution in [0, 0.1) is 0 Å². The van der Waals surface area contributed by atoms with Crippen LogP contribution in [-0.2, 0) is 0 Å². The van der Waals surface area contributed by atoms with Crippen LogP contribution in [0.1, 0.15) is 2.85 Å². The Balaban J connectivity index is -0.0000000150. The van der Waals surface area contributed by atoms with Crippen LogP contribution in [0.3, 0.4) is 0 Å². The summed E-state index contributed by atoms with van der Waals surface area (Å²) in [5.74, 6) is 0. The molecule has 18 heavy (non-hydrogen) atoms. The summed E-state index contributed by atoms with van der Waals surface area (Å²) < 4.78 is 0. The van der Waals surface area contributed by atoms with Crippen LogP contribution in [-0.4, -0.2) is 24.1 Å². The molecule has 0 rings (SSSR count). The van der Waals surface area contributed by atoms with Gasteiger partial charge in [-0.05, 0) is 0 Å². The van der Waals surface area contributed by atoms with Gasteiger partial charge >= 0.3 is 61.8 Å². The summed E-state index contributed by atoms with van der Waals surface area (Å²) in [7, 11) is 0. The van der Waals surface area contributed by atoms with E-state index in [1.54, 1.807) is 0 Å². The van der Waals surface area contributed by atoms with Gasteiger partial charge in [-0.1, -0.05) is 0 Å². The van der Waals surface area contributed by atoms with Crippen LogP contribution in [0.4, 0.5) is 19.2 Å². The maximum absolute atomic E-state index is 9.00. The Kier molecular flexibility index (Phi) is 58.9. The molecular formula is C4H18Li2N8O4. The van der Waals surface area contributed by atoms with Gasteiger partial charge in [0.1, 0.15) is 0 Å². The summed E-state index contributed by atoms with van der Waals surface area (Å²) in [6, 6.07) is -3.33. The monoisotopic (exact) mass is 256 g/mol. The van der Waals surface area contributed by atoms with Crippen molar-refractivity contribution in [1.29, 1.82) is 0 Å². The largest absolute Gasteiger partial charge is 1.00 e. The van der Waals surface area contributed by atoms with Crippen molar-refractivity contribution in [3.05, 3.63) is 0 Å². The Hall–Kier alpha value is -1.73. The smallest absolute Gasteiger partial charge is 1.00 e. The first kappa shape index (κ1) is 36.0. The molecule has 0 spiro atoms. The fraction of sp³-hybridized carbons (Fsp3) is 0. The van der Waals surface area contributed by atoms with Gasteiger partial charge in [0.05, 0.1) is 0 Å². The van der Waals surface area contributed by atoms with E-state index in [4.69, 9.17) is 19.2 Å². The molecule has 0 aromatic rings. The van der Waals surface area contributed by atoms with Crippen molar-refractivity contribution in [3.8, 4) is 0 Å². The topological polar surface area (TPSA) is 276 Å². The molecule has 0 aromatic heterocycles. The van der Waals surface area contributed by atoms with Gasteiger partial charge in [-0.2, -0.15) is 0 Å². The molecule has 0 heterocycles. The number of nitrogens with two attached hydrogens (primary N) is 8. The van der Waals surface area contributed by atoms with Crippen molar-refractivity contribution in [1.82, 2.24) is 0 Å². The van der Waals surface area contributed by atoms with E-state index in [-0.39, 0.29) is 40.6 Å². The molecule has 14 heteroatoms. The molecular weight excluding hydrogens is 238 g/mol. The maximum Gasteiger partial charge on any atom is 1.00 e. The number of urea groups is 4. The Morgan fingerprint density at radius 3 is 0.444 bits per heavy atom. The second kappa shape index (κ2) is 29.5. The van der Waals surface area contributed by atoms with E-state index in [2.05, 4.69) is 45.9 Å². The summed E-state index contributed by atoms with van der Waals surface area (Å²) in [6.07, 6.45) is 0. The molecule has 0 fully saturated rings. The van der Waals surface area contributed by atoms with Gasteiger partial charge in [-0.25, -0.2) is 19.2 Å². The summed E-state index contributed by atoms with van der Waals surface area (Å²) in [6.45, 7) is 0. The van der Waals surface area contributed by atoms with Gasteiger partial charge < -0.3 is 48.7 Å². The van der Waals surface area contributed by atoms with Crippen LogP contribution in [0.25, 0.3) is 0 Å². The number of rotatable bonds is 0. The number of hydrogen-bond acceptors (Lipinski definition) is 4. The third-order valence-corrected chi connectivity index (χ3v) is 0. The number of carbonyl (C=O) groups is 4. The van der Waals surface area contributed by atoms with Gasteiger partial charge in [0.25, 0.3) is 0 Å². The number of amides is 8. The van der Waals surface area contributed by atoms with Gasteiger partial charge in [-0.3, -0.25) is 0 Å². The SMILES string of the molecule is NC(N)=O.NC(N)=O.NC(N)=O.NC(N)=O.[H-].[H-].[Li+].[Li+]. The van der Waals surface area contributed by atoms with Gasteiger partial charge in [0, 0.05) is 0 Å². The average Bonchev–Trinajstić information content (AvgIpc) is 1.76. The fourth-order valence-corrected chi connectivity index (χ4v) is 0. The van der Waals surface area contributed by atoms with E-state index in [1.807, 2.05) is 0 Å². The van der Waals surface area contributed by atoms with E-state index in [0.29, 0.717) is 0 Å². The second-order valence-electron chi connectivity index (χ2n) is 1.61. The number of carbonyl (C=O) groups excluding carboxylic acids is 4. The average molecular weight is 256 g/mol. The third kappa shape index (κ3) is 845. The molecule has 8 amide bonds. The zero-order valence-corrected chi connectivity index (χ0v) is 10.3. The molecule has 0 radical (unpaired) electrons. The van der Waals surface area contributed by atoms with Crippen molar-refractivity contribution in [2.45, 2.75) is 0 Å². The summed E-state index contributed by atoms with van der Waals surface area (Å²) >= 11 is 0. The molecule has 0 bridgehead atoms. The van der Waals surface area contributed by atoms with Crippen LogP contribution in [0.15, 0.2) is 0 Å². The minimum absolute atomic E-state index is 0. The Labute approximate surface area is 130 Å². The molecule has 16 N–H and O–H groups in total. The van der Waals surface area contributed by atoms with Crippen LogP contribution < -0.4 is 83.6 Å². The standard InChI is InChI=1S/4CH4N2O.2Li.2H/c4*2-1(3)4;;;;/h4*(H4,2,3,4);;;;/q;;;;2*+1;2*-1. The minimum atomic E-state index is -0.833. The molecule has 0 aliphatic heterocycles. The van der Waals surface area contributed by atoms with E-state index in [9.17, 15) is 0 Å². The summed E-state index contributed by atoms with van der Waals surface area (Å²) in [4.78, 5) is 36.0. The third-order valence-electron chi connectivity index (χ3n) is 0. The Morgan fingerprint density at radius 1 is 0.444 bits per heavy atom. The van der Waals surface area contributed by atoms with E-state index in [1.165, 1.54) is 0 Å². The molecule has 100 valence electrons. The fourth-order valence-electron chi connectivity index (χ4n) is 0. The molecule has 0 saturated carbocycles. The predicted octanol–water partition coefficient (Wildman–Crippen LogP) is -9.67. The molecule has 0 aliphatic carbocycles. The molecule has 0 unspecified atom stereocenters. The van der Waals surface area contributed by atoms with E-state index < -0.39 is 24.1 Å². The van der Waals surface area contributed by atoms with Crippen LogP contribution in [0.5, 0.6) is 0 Å². The second-order valence-corrected chi connectivity index (χ2v) is 1.61. The van der Waals surface area contributed by atoms with Gasteiger partial charge in [0.2, 0.25) is 0 Å².